The summed E-state index contributed by atoms with van der Waals surface area (Å²) in [7, 11) is 0. The van der Waals surface area contributed by atoms with E-state index in [-0.39, 0.29) is 38.2 Å². The summed E-state index contributed by atoms with van der Waals surface area (Å²) in [5, 5.41) is 18.8. The summed E-state index contributed by atoms with van der Waals surface area (Å²) in [4.78, 5) is 12.5. The number of alkyl halides is 2. The minimum absolute atomic E-state index is 0.152. The van der Waals surface area contributed by atoms with Gasteiger partial charge in [-0.2, -0.15) is 0 Å². The van der Waals surface area contributed by atoms with Crippen molar-refractivity contribution in [2.24, 2.45) is 5.92 Å². The number of nitrogens with zero attached hydrogens (tertiary/aromatic N) is 1. The molecule has 2 rings (SSSR count). The molecule has 1 aliphatic heterocycles. The highest BCUT2D eigenvalue weighted by molar-refractivity contribution is 5.66. The topological polar surface area (TPSA) is 60.8 Å². The highest BCUT2D eigenvalue weighted by atomic mass is 19.3. The molecule has 0 aromatic carbocycles. The lowest BCUT2D eigenvalue weighted by atomic mass is 9.72. The first-order chi connectivity index (χ1) is 8.41. The first kappa shape index (κ1) is 13.5. The Hall–Kier alpha value is -0.910. The Balaban J connectivity index is 2.15. The quantitative estimate of drug-likeness (QED) is 0.803. The van der Waals surface area contributed by atoms with E-state index < -0.39 is 17.6 Å². The van der Waals surface area contributed by atoms with Crippen molar-refractivity contribution >= 4 is 6.09 Å². The number of aliphatic hydroxyl groups is 1. The number of aliphatic hydroxyl groups excluding tert-OH is 1. The largest absolute Gasteiger partial charge is 0.465 e. The van der Waals surface area contributed by atoms with Crippen LogP contribution in [0.15, 0.2) is 0 Å². The Bertz CT molecular complexity index is 327. The van der Waals surface area contributed by atoms with E-state index in [9.17, 15) is 23.8 Å². The lowest BCUT2D eigenvalue weighted by Crippen LogP contribution is -2.56. The predicted molar refractivity (Wildman–Crippen MR) is 60.7 cm³/mol. The van der Waals surface area contributed by atoms with Crippen molar-refractivity contribution in [3.8, 4) is 0 Å². The molecule has 2 aliphatic rings. The molecule has 0 aromatic rings. The van der Waals surface area contributed by atoms with Crippen LogP contribution in [0.4, 0.5) is 13.6 Å². The van der Waals surface area contributed by atoms with Gasteiger partial charge in [0.05, 0.1) is 12.1 Å². The van der Waals surface area contributed by atoms with Crippen LogP contribution in [0.3, 0.4) is 0 Å². The van der Waals surface area contributed by atoms with Crippen LogP contribution in [-0.2, 0) is 0 Å². The lowest BCUT2D eigenvalue weighted by molar-refractivity contribution is -0.0747. The summed E-state index contributed by atoms with van der Waals surface area (Å²) >= 11 is 0. The fraction of sp³-hybridized carbons (Fsp3) is 0.917. The first-order valence-electron chi connectivity index (χ1n) is 6.40. The van der Waals surface area contributed by atoms with Crippen LogP contribution in [-0.4, -0.2) is 45.8 Å². The number of carboxylic acid groups (broad SMARTS) is 1. The average molecular weight is 263 g/mol. The van der Waals surface area contributed by atoms with Gasteiger partial charge in [0.25, 0.3) is 0 Å². The Morgan fingerprint density at radius 1 is 1.28 bits per heavy atom. The van der Waals surface area contributed by atoms with Gasteiger partial charge in [-0.05, 0) is 31.6 Å². The molecule has 0 spiro atoms. The molecule has 1 aliphatic carbocycles. The normalized spacial score (nSPS) is 32.7. The van der Waals surface area contributed by atoms with Gasteiger partial charge < -0.3 is 15.1 Å². The van der Waals surface area contributed by atoms with Crippen molar-refractivity contribution in [1.29, 1.82) is 0 Å². The van der Waals surface area contributed by atoms with Crippen LogP contribution in [0.5, 0.6) is 0 Å². The third kappa shape index (κ3) is 2.18. The molecule has 104 valence electrons. The molecule has 1 unspecified atom stereocenters. The molecule has 1 saturated carbocycles. The van der Waals surface area contributed by atoms with E-state index >= 15 is 0 Å². The van der Waals surface area contributed by atoms with Gasteiger partial charge >= 0.3 is 6.09 Å². The number of carbonyl (C=O) groups is 1. The molecule has 1 amide bonds. The highest BCUT2D eigenvalue weighted by Crippen LogP contribution is 2.46. The summed E-state index contributed by atoms with van der Waals surface area (Å²) in [5.41, 5.74) is -0.831. The van der Waals surface area contributed by atoms with E-state index in [1.165, 1.54) is 4.90 Å². The van der Waals surface area contributed by atoms with Crippen LogP contribution in [0.1, 0.15) is 38.5 Å². The third-order valence-corrected chi connectivity index (χ3v) is 4.51. The minimum atomic E-state index is -2.63. The zero-order chi connectivity index (χ0) is 13.4. The molecular formula is C12H19F2NO3. The molecule has 1 heterocycles. The van der Waals surface area contributed by atoms with Gasteiger partial charge in [0.2, 0.25) is 5.92 Å². The minimum Gasteiger partial charge on any atom is -0.465 e. The van der Waals surface area contributed by atoms with Gasteiger partial charge in [0.1, 0.15) is 0 Å². The maximum Gasteiger partial charge on any atom is 0.407 e. The molecule has 0 aromatic heterocycles. The van der Waals surface area contributed by atoms with Crippen LogP contribution < -0.4 is 0 Å². The Morgan fingerprint density at radius 2 is 1.89 bits per heavy atom. The van der Waals surface area contributed by atoms with Crippen molar-refractivity contribution in [3.63, 3.8) is 0 Å². The summed E-state index contributed by atoms with van der Waals surface area (Å²) in [5.74, 6) is -2.78. The first-order valence-corrected chi connectivity index (χ1v) is 6.40. The van der Waals surface area contributed by atoms with Gasteiger partial charge in [-0.1, -0.05) is 0 Å². The van der Waals surface area contributed by atoms with Crippen molar-refractivity contribution in [2.75, 3.05) is 13.2 Å². The molecule has 18 heavy (non-hydrogen) atoms. The van der Waals surface area contributed by atoms with Gasteiger partial charge in [-0.25, -0.2) is 13.6 Å². The van der Waals surface area contributed by atoms with E-state index in [0.29, 0.717) is 19.4 Å². The second kappa shape index (κ2) is 4.64. The van der Waals surface area contributed by atoms with Gasteiger partial charge in [0.15, 0.2) is 0 Å². The molecule has 6 heteroatoms. The van der Waals surface area contributed by atoms with Gasteiger partial charge in [-0.3, -0.25) is 0 Å². The Kier molecular flexibility index (Phi) is 3.49. The summed E-state index contributed by atoms with van der Waals surface area (Å²) in [6.45, 7) is 0.123. The number of likely N-dealkylation sites (tertiary alicyclic amines) is 1. The smallest absolute Gasteiger partial charge is 0.407 e. The van der Waals surface area contributed by atoms with E-state index in [4.69, 9.17) is 0 Å². The van der Waals surface area contributed by atoms with Crippen molar-refractivity contribution in [3.05, 3.63) is 0 Å². The van der Waals surface area contributed by atoms with Crippen LogP contribution in [0.2, 0.25) is 0 Å². The number of hydrogen-bond acceptors (Lipinski definition) is 2. The molecule has 1 atom stereocenters. The second-order valence-electron chi connectivity index (χ2n) is 5.43. The molecule has 4 nitrogen and oxygen atoms in total. The van der Waals surface area contributed by atoms with Crippen molar-refractivity contribution < 1.29 is 23.8 Å². The number of amides is 1. The molecular weight excluding hydrogens is 244 g/mol. The highest BCUT2D eigenvalue weighted by Gasteiger charge is 2.51. The lowest BCUT2D eigenvalue weighted by Gasteiger charge is -2.44. The average Bonchev–Trinajstić information content (AvgIpc) is 2.74. The van der Waals surface area contributed by atoms with Gasteiger partial charge in [0, 0.05) is 19.4 Å². The molecule has 1 saturated heterocycles. The molecule has 0 bridgehead atoms. The fourth-order valence-electron chi connectivity index (χ4n) is 3.48. The van der Waals surface area contributed by atoms with Crippen molar-refractivity contribution in [1.82, 2.24) is 4.90 Å². The monoisotopic (exact) mass is 263 g/mol. The zero-order valence-electron chi connectivity index (χ0n) is 10.2. The summed E-state index contributed by atoms with van der Waals surface area (Å²) < 4.78 is 26.3. The molecule has 2 fully saturated rings. The number of hydrogen-bond donors (Lipinski definition) is 2. The Morgan fingerprint density at radius 3 is 2.39 bits per heavy atom. The number of rotatable bonds is 2. The predicted octanol–water partition coefficient (Wildman–Crippen LogP) is 2.32. The second-order valence-corrected chi connectivity index (χ2v) is 5.43. The maximum atomic E-state index is 13.2. The van der Waals surface area contributed by atoms with Crippen molar-refractivity contribution in [2.45, 2.75) is 50.0 Å². The van der Waals surface area contributed by atoms with E-state index in [0.717, 1.165) is 0 Å². The third-order valence-electron chi connectivity index (χ3n) is 4.51. The molecule has 0 radical (unpaired) electrons. The van der Waals surface area contributed by atoms with Crippen LogP contribution in [0, 0.1) is 5.92 Å². The van der Waals surface area contributed by atoms with Gasteiger partial charge in [-0.15, -0.1) is 0 Å². The molecule has 2 N–H and O–H groups in total. The maximum absolute atomic E-state index is 13.2. The van der Waals surface area contributed by atoms with Crippen LogP contribution >= 0.6 is 0 Å². The SMILES string of the molecule is O=C(O)N1CCCC1(CO)C1CCC(F)(F)CC1. The fourth-order valence-corrected chi connectivity index (χ4v) is 3.48. The summed E-state index contributed by atoms with van der Waals surface area (Å²) in [6, 6.07) is 0. The van der Waals surface area contributed by atoms with E-state index in [1.54, 1.807) is 0 Å². The standard InChI is InChI=1S/C12H19F2NO3/c13-12(14)5-2-9(3-6-12)11(8-16)4-1-7-15(11)10(17)18/h9,16H,1-8H2,(H,17,18). The summed E-state index contributed by atoms with van der Waals surface area (Å²) in [6.07, 6.45) is 0.388. The van der Waals surface area contributed by atoms with E-state index in [2.05, 4.69) is 0 Å². The van der Waals surface area contributed by atoms with E-state index in [1.807, 2.05) is 0 Å². The van der Waals surface area contributed by atoms with Crippen LogP contribution in [0.25, 0.3) is 0 Å². The Labute approximate surface area is 105 Å². The number of halogens is 2. The zero-order valence-corrected chi connectivity index (χ0v) is 10.2.